The fourth-order valence-corrected chi connectivity index (χ4v) is 2.30. The number of hydrogen-bond donors (Lipinski definition) is 1. The SMILES string of the molecule is Cc1cccc(C(=O)C(N)c2cccs2)c1. The molecule has 0 amide bonds. The normalized spacial score (nSPS) is 12.4. The third-order valence-electron chi connectivity index (χ3n) is 2.43. The second-order valence-electron chi connectivity index (χ2n) is 3.73. The van der Waals surface area contributed by atoms with Crippen molar-refractivity contribution in [1.29, 1.82) is 0 Å². The van der Waals surface area contributed by atoms with Crippen molar-refractivity contribution in [1.82, 2.24) is 0 Å². The van der Waals surface area contributed by atoms with Gasteiger partial charge in [-0.3, -0.25) is 4.79 Å². The van der Waals surface area contributed by atoms with Crippen LogP contribution in [0.15, 0.2) is 41.8 Å². The maximum atomic E-state index is 12.1. The zero-order valence-corrected chi connectivity index (χ0v) is 9.83. The Bertz CT molecular complexity index is 490. The van der Waals surface area contributed by atoms with E-state index in [1.165, 1.54) is 11.3 Å². The van der Waals surface area contributed by atoms with Crippen LogP contribution in [0, 0.1) is 6.92 Å². The molecule has 0 bridgehead atoms. The molecule has 1 aromatic carbocycles. The summed E-state index contributed by atoms with van der Waals surface area (Å²) in [5.74, 6) is -0.0221. The van der Waals surface area contributed by atoms with E-state index in [0.29, 0.717) is 5.56 Å². The van der Waals surface area contributed by atoms with E-state index in [-0.39, 0.29) is 5.78 Å². The second kappa shape index (κ2) is 4.60. The molecule has 2 aromatic rings. The van der Waals surface area contributed by atoms with Crippen molar-refractivity contribution in [3.63, 3.8) is 0 Å². The van der Waals surface area contributed by atoms with Crippen LogP contribution in [0.1, 0.15) is 26.8 Å². The molecule has 0 aliphatic rings. The van der Waals surface area contributed by atoms with Gasteiger partial charge < -0.3 is 5.73 Å². The predicted molar refractivity (Wildman–Crippen MR) is 66.8 cm³/mol. The van der Waals surface area contributed by atoms with Gasteiger partial charge in [0.05, 0.1) is 0 Å². The summed E-state index contributed by atoms with van der Waals surface area (Å²) in [4.78, 5) is 13.0. The fourth-order valence-electron chi connectivity index (χ4n) is 1.58. The zero-order chi connectivity index (χ0) is 11.5. The number of ketones is 1. The molecule has 0 aliphatic heterocycles. The third kappa shape index (κ3) is 2.21. The van der Waals surface area contributed by atoms with Gasteiger partial charge in [0.2, 0.25) is 0 Å². The Kier molecular flexibility index (Phi) is 3.17. The van der Waals surface area contributed by atoms with Gasteiger partial charge in [-0.05, 0) is 24.4 Å². The van der Waals surface area contributed by atoms with Crippen LogP contribution in [-0.2, 0) is 0 Å². The minimum absolute atomic E-state index is 0.0221. The summed E-state index contributed by atoms with van der Waals surface area (Å²) in [7, 11) is 0. The summed E-state index contributed by atoms with van der Waals surface area (Å²) in [5.41, 5.74) is 7.68. The van der Waals surface area contributed by atoms with Gasteiger partial charge in [-0.1, -0.05) is 29.8 Å². The Morgan fingerprint density at radius 1 is 1.31 bits per heavy atom. The molecule has 1 heterocycles. The Balaban J connectivity index is 2.26. The molecule has 2 rings (SSSR count). The molecule has 16 heavy (non-hydrogen) atoms. The first-order valence-corrected chi connectivity index (χ1v) is 5.96. The van der Waals surface area contributed by atoms with Gasteiger partial charge >= 0.3 is 0 Å². The first kappa shape index (κ1) is 11.0. The molecule has 1 unspecified atom stereocenters. The highest BCUT2D eigenvalue weighted by Gasteiger charge is 2.18. The van der Waals surface area contributed by atoms with Crippen molar-refractivity contribution in [2.45, 2.75) is 13.0 Å². The molecule has 82 valence electrons. The lowest BCUT2D eigenvalue weighted by molar-refractivity contribution is 0.0962. The van der Waals surface area contributed by atoms with Gasteiger partial charge in [0.1, 0.15) is 6.04 Å². The average molecular weight is 231 g/mol. The molecule has 0 spiro atoms. The Hall–Kier alpha value is -1.45. The lowest BCUT2D eigenvalue weighted by Crippen LogP contribution is -2.20. The topological polar surface area (TPSA) is 43.1 Å². The minimum atomic E-state index is -0.540. The molecule has 1 atom stereocenters. The number of nitrogens with two attached hydrogens (primary N) is 1. The summed E-state index contributed by atoms with van der Waals surface area (Å²) in [6, 6.07) is 10.8. The van der Waals surface area contributed by atoms with Crippen LogP contribution in [0.5, 0.6) is 0 Å². The zero-order valence-electron chi connectivity index (χ0n) is 9.01. The van der Waals surface area contributed by atoms with Crippen molar-refractivity contribution >= 4 is 17.1 Å². The molecular weight excluding hydrogens is 218 g/mol. The van der Waals surface area contributed by atoms with Crippen molar-refractivity contribution in [2.24, 2.45) is 5.73 Å². The van der Waals surface area contributed by atoms with Gasteiger partial charge in [0.15, 0.2) is 5.78 Å². The fraction of sp³-hybridized carbons (Fsp3) is 0.154. The molecular formula is C13H13NOS. The maximum Gasteiger partial charge on any atom is 0.184 e. The number of Topliss-reactive ketones (excluding diaryl/α,β-unsaturated/α-hetero) is 1. The quantitative estimate of drug-likeness (QED) is 0.825. The first-order chi connectivity index (χ1) is 7.68. The Labute approximate surface area is 98.7 Å². The molecule has 0 aliphatic carbocycles. The molecule has 0 saturated carbocycles. The lowest BCUT2D eigenvalue weighted by atomic mass is 10.0. The molecule has 1 aromatic heterocycles. The molecule has 0 radical (unpaired) electrons. The summed E-state index contributed by atoms with van der Waals surface area (Å²) in [6.45, 7) is 1.97. The average Bonchev–Trinajstić information content (AvgIpc) is 2.80. The second-order valence-corrected chi connectivity index (χ2v) is 4.71. The minimum Gasteiger partial charge on any atom is -0.317 e. The van der Waals surface area contributed by atoms with Crippen LogP contribution < -0.4 is 5.73 Å². The molecule has 2 N–H and O–H groups in total. The Morgan fingerprint density at radius 3 is 2.75 bits per heavy atom. The number of carbonyl (C=O) groups excluding carboxylic acids is 1. The van der Waals surface area contributed by atoms with Crippen molar-refractivity contribution < 1.29 is 4.79 Å². The summed E-state index contributed by atoms with van der Waals surface area (Å²) < 4.78 is 0. The van der Waals surface area contributed by atoms with E-state index in [1.807, 2.05) is 48.7 Å². The van der Waals surface area contributed by atoms with Crippen LogP contribution in [-0.4, -0.2) is 5.78 Å². The number of thiophene rings is 1. The summed E-state index contributed by atoms with van der Waals surface area (Å²) in [5, 5.41) is 1.93. The standard InChI is InChI=1S/C13H13NOS/c1-9-4-2-5-10(8-9)13(15)12(14)11-6-3-7-16-11/h2-8,12H,14H2,1H3. The van der Waals surface area contributed by atoms with Crippen molar-refractivity contribution in [2.75, 3.05) is 0 Å². The first-order valence-electron chi connectivity index (χ1n) is 5.08. The number of carbonyl (C=O) groups is 1. The van der Waals surface area contributed by atoms with Crippen LogP contribution in [0.3, 0.4) is 0 Å². The van der Waals surface area contributed by atoms with Gasteiger partial charge in [-0.2, -0.15) is 0 Å². The van der Waals surface area contributed by atoms with Crippen molar-refractivity contribution in [3.8, 4) is 0 Å². The van der Waals surface area contributed by atoms with E-state index >= 15 is 0 Å². The summed E-state index contributed by atoms with van der Waals surface area (Å²) in [6.07, 6.45) is 0. The van der Waals surface area contributed by atoms with E-state index < -0.39 is 6.04 Å². The van der Waals surface area contributed by atoms with Gasteiger partial charge in [-0.15, -0.1) is 11.3 Å². The highest BCUT2D eigenvalue weighted by molar-refractivity contribution is 7.10. The van der Waals surface area contributed by atoms with Crippen LogP contribution in [0.25, 0.3) is 0 Å². The van der Waals surface area contributed by atoms with Crippen LogP contribution in [0.2, 0.25) is 0 Å². The maximum absolute atomic E-state index is 12.1. The van der Waals surface area contributed by atoms with E-state index in [2.05, 4.69) is 0 Å². The summed E-state index contributed by atoms with van der Waals surface area (Å²) >= 11 is 1.51. The van der Waals surface area contributed by atoms with E-state index in [0.717, 1.165) is 10.4 Å². The van der Waals surface area contributed by atoms with Crippen LogP contribution in [0.4, 0.5) is 0 Å². The van der Waals surface area contributed by atoms with Gasteiger partial charge in [-0.25, -0.2) is 0 Å². The monoisotopic (exact) mass is 231 g/mol. The van der Waals surface area contributed by atoms with E-state index in [9.17, 15) is 4.79 Å². The highest BCUT2D eigenvalue weighted by atomic mass is 32.1. The van der Waals surface area contributed by atoms with Gasteiger partial charge in [0, 0.05) is 10.4 Å². The van der Waals surface area contributed by atoms with Gasteiger partial charge in [0.25, 0.3) is 0 Å². The molecule has 3 heteroatoms. The molecule has 0 fully saturated rings. The smallest absolute Gasteiger partial charge is 0.184 e. The van der Waals surface area contributed by atoms with Crippen molar-refractivity contribution in [3.05, 3.63) is 57.8 Å². The third-order valence-corrected chi connectivity index (χ3v) is 3.39. The number of hydrogen-bond acceptors (Lipinski definition) is 3. The number of benzene rings is 1. The van der Waals surface area contributed by atoms with E-state index in [1.54, 1.807) is 0 Å². The largest absolute Gasteiger partial charge is 0.317 e. The van der Waals surface area contributed by atoms with E-state index in [4.69, 9.17) is 5.73 Å². The van der Waals surface area contributed by atoms with Crippen LogP contribution >= 0.6 is 11.3 Å². The lowest BCUT2D eigenvalue weighted by Gasteiger charge is -2.08. The highest BCUT2D eigenvalue weighted by Crippen LogP contribution is 2.21. The molecule has 2 nitrogen and oxygen atoms in total. The number of aryl methyl sites for hydroxylation is 1. The molecule has 0 saturated heterocycles. The Morgan fingerprint density at radius 2 is 2.12 bits per heavy atom. The predicted octanol–water partition coefficient (Wildman–Crippen LogP) is 2.94. The number of rotatable bonds is 3.